The Morgan fingerprint density at radius 1 is 0.773 bits per heavy atom. The van der Waals surface area contributed by atoms with E-state index in [1.807, 2.05) is 24.3 Å². The fourth-order valence-electron chi connectivity index (χ4n) is 2.51. The van der Waals surface area contributed by atoms with Gasteiger partial charge in [0, 0.05) is 29.9 Å². The number of phenolic OH excluding ortho intramolecular Hbond substituents is 2. The molecule has 0 atom stereocenters. The normalized spacial score (nSPS) is 10.8. The second kappa shape index (κ2) is 5.77. The lowest BCUT2D eigenvalue weighted by Crippen LogP contribution is -2.09. The molecule has 3 N–H and O–H groups in total. The van der Waals surface area contributed by atoms with E-state index in [2.05, 4.69) is 4.98 Å². The van der Waals surface area contributed by atoms with Crippen LogP contribution in [0.2, 0.25) is 0 Å². The smallest absolute Gasteiger partial charge is 0.181 e. The van der Waals surface area contributed by atoms with E-state index in [1.54, 1.807) is 36.5 Å². The SMILES string of the molecule is O=c1cc[nH]c(C(c2ccc(O)cc2)c2ccc(O)cc2)c1. The van der Waals surface area contributed by atoms with Crippen molar-refractivity contribution in [1.82, 2.24) is 4.98 Å². The maximum atomic E-state index is 11.7. The Morgan fingerprint density at radius 3 is 1.73 bits per heavy atom. The lowest BCUT2D eigenvalue weighted by Gasteiger charge is -2.18. The molecular weight excluding hydrogens is 278 g/mol. The van der Waals surface area contributed by atoms with Gasteiger partial charge < -0.3 is 15.2 Å². The van der Waals surface area contributed by atoms with E-state index in [0.717, 1.165) is 16.8 Å². The number of H-pyrrole nitrogens is 1. The van der Waals surface area contributed by atoms with E-state index in [4.69, 9.17) is 0 Å². The molecule has 0 bridgehead atoms. The van der Waals surface area contributed by atoms with Crippen LogP contribution < -0.4 is 5.43 Å². The van der Waals surface area contributed by atoms with E-state index < -0.39 is 0 Å². The minimum absolute atomic E-state index is 0.0729. The highest BCUT2D eigenvalue weighted by Crippen LogP contribution is 2.31. The van der Waals surface area contributed by atoms with Crippen molar-refractivity contribution in [3.8, 4) is 11.5 Å². The van der Waals surface area contributed by atoms with Gasteiger partial charge in [-0.25, -0.2) is 0 Å². The van der Waals surface area contributed by atoms with Crippen molar-refractivity contribution in [2.75, 3.05) is 0 Å². The average molecular weight is 293 g/mol. The number of benzene rings is 2. The van der Waals surface area contributed by atoms with Crippen LogP contribution in [-0.2, 0) is 0 Å². The first-order valence-electron chi connectivity index (χ1n) is 6.90. The molecule has 110 valence electrons. The average Bonchev–Trinajstić information content (AvgIpc) is 2.51. The van der Waals surface area contributed by atoms with Crippen LogP contribution in [-0.4, -0.2) is 15.2 Å². The first kappa shape index (κ1) is 13.9. The Kier molecular flexibility index (Phi) is 3.66. The Hall–Kier alpha value is -3.01. The van der Waals surface area contributed by atoms with Crippen molar-refractivity contribution < 1.29 is 10.2 Å². The third-order valence-corrected chi connectivity index (χ3v) is 3.56. The predicted molar refractivity (Wildman–Crippen MR) is 84.2 cm³/mol. The predicted octanol–water partition coefficient (Wildman–Crippen LogP) is 2.97. The van der Waals surface area contributed by atoms with Crippen molar-refractivity contribution in [1.29, 1.82) is 0 Å². The molecule has 0 saturated heterocycles. The number of aromatic amines is 1. The van der Waals surface area contributed by atoms with Gasteiger partial charge in [0.1, 0.15) is 11.5 Å². The molecular formula is C18H15NO3. The summed E-state index contributed by atoms with van der Waals surface area (Å²) in [5.74, 6) is 0.194. The number of hydrogen-bond donors (Lipinski definition) is 3. The molecule has 0 amide bonds. The molecule has 0 aliphatic rings. The molecule has 2 aromatic carbocycles. The summed E-state index contributed by atoms with van der Waals surface area (Å²) < 4.78 is 0. The molecule has 0 aliphatic heterocycles. The third-order valence-electron chi connectivity index (χ3n) is 3.56. The van der Waals surface area contributed by atoms with Crippen molar-refractivity contribution >= 4 is 0 Å². The summed E-state index contributed by atoms with van der Waals surface area (Å²) in [4.78, 5) is 14.8. The summed E-state index contributed by atoms with van der Waals surface area (Å²) in [7, 11) is 0. The van der Waals surface area contributed by atoms with Gasteiger partial charge in [0.15, 0.2) is 5.43 Å². The van der Waals surface area contributed by atoms with Crippen molar-refractivity contribution in [2.45, 2.75) is 5.92 Å². The van der Waals surface area contributed by atoms with Gasteiger partial charge >= 0.3 is 0 Å². The Morgan fingerprint density at radius 2 is 1.27 bits per heavy atom. The second-order valence-corrected chi connectivity index (χ2v) is 5.10. The monoisotopic (exact) mass is 293 g/mol. The first-order chi connectivity index (χ1) is 10.6. The van der Waals surface area contributed by atoms with E-state index in [9.17, 15) is 15.0 Å². The van der Waals surface area contributed by atoms with Gasteiger partial charge in [-0.15, -0.1) is 0 Å². The van der Waals surface area contributed by atoms with E-state index >= 15 is 0 Å². The number of rotatable bonds is 3. The summed E-state index contributed by atoms with van der Waals surface area (Å²) in [5.41, 5.74) is 2.55. The Bertz CT molecular complexity index is 774. The number of nitrogens with one attached hydrogen (secondary N) is 1. The molecule has 1 heterocycles. The van der Waals surface area contributed by atoms with Gasteiger partial charge in [0.2, 0.25) is 0 Å². The molecule has 3 aromatic rings. The molecule has 0 fully saturated rings. The van der Waals surface area contributed by atoms with Crippen molar-refractivity contribution in [3.63, 3.8) is 0 Å². The van der Waals surface area contributed by atoms with Gasteiger partial charge in [-0.2, -0.15) is 0 Å². The highest BCUT2D eigenvalue weighted by atomic mass is 16.3. The molecule has 4 heteroatoms. The quantitative estimate of drug-likeness (QED) is 0.695. The Labute approximate surface area is 127 Å². The molecule has 0 radical (unpaired) electrons. The van der Waals surface area contributed by atoms with Gasteiger partial charge in [0.25, 0.3) is 0 Å². The van der Waals surface area contributed by atoms with Crippen LogP contribution in [0.5, 0.6) is 11.5 Å². The lowest BCUT2D eigenvalue weighted by molar-refractivity contribution is 0.475. The van der Waals surface area contributed by atoms with Crippen LogP contribution in [0.4, 0.5) is 0 Å². The second-order valence-electron chi connectivity index (χ2n) is 5.10. The van der Waals surface area contributed by atoms with Crippen LogP contribution in [0.15, 0.2) is 71.7 Å². The highest BCUT2D eigenvalue weighted by Gasteiger charge is 2.17. The zero-order valence-electron chi connectivity index (χ0n) is 11.7. The number of pyridine rings is 1. The maximum Gasteiger partial charge on any atom is 0.181 e. The fraction of sp³-hybridized carbons (Fsp3) is 0.0556. The first-order valence-corrected chi connectivity index (χ1v) is 6.90. The van der Waals surface area contributed by atoms with E-state index in [-0.39, 0.29) is 22.8 Å². The summed E-state index contributed by atoms with van der Waals surface area (Å²) >= 11 is 0. The standard InChI is InChI=1S/C18H15NO3/c20-14-5-1-12(2-6-14)18(13-3-7-15(21)8-4-13)17-11-16(22)9-10-19-17/h1-11,18,20-21H,(H,19,22). The maximum absolute atomic E-state index is 11.7. The minimum Gasteiger partial charge on any atom is -0.508 e. The zero-order valence-corrected chi connectivity index (χ0v) is 11.7. The van der Waals surface area contributed by atoms with Crippen LogP contribution in [0.3, 0.4) is 0 Å². The minimum atomic E-state index is -0.185. The Balaban J connectivity index is 2.15. The molecule has 3 rings (SSSR count). The molecule has 22 heavy (non-hydrogen) atoms. The van der Waals surface area contributed by atoms with E-state index in [0.29, 0.717) is 0 Å². The zero-order chi connectivity index (χ0) is 15.5. The summed E-state index contributed by atoms with van der Waals surface area (Å²) in [6.45, 7) is 0. The summed E-state index contributed by atoms with van der Waals surface area (Å²) in [6.07, 6.45) is 1.62. The summed E-state index contributed by atoms with van der Waals surface area (Å²) in [5, 5.41) is 18.9. The molecule has 1 aromatic heterocycles. The van der Waals surface area contributed by atoms with E-state index in [1.165, 1.54) is 6.07 Å². The van der Waals surface area contributed by atoms with Crippen LogP contribution in [0.1, 0.15) is 22.7 Å². The van der Waals surface area contributed by atoms with Crippen molar-refractivity contribution in [2.24, 2.45) is 0 Å². The molecule has 0 unspecified atom stereocenters. The lowest BCUT2D eigenvalue weighted by atomic mass is 9.88. The number of hydrogen-bond acceptors (Lipinski definition) is 3. The van der Waals surface area contributed by atoms with Gasteiger partial charge in [-0.3, -0.25) is 4.79 Å². The van der Waals surface area contributed by atoms with Crippen LogP contribution >= 0.6 is 0 Å². The van der Waals surface area contributed by atoms with Crippen LogP contribution in [0.25, 0.3) is 0 Å². The van der Waals surface area contributed by atoms with Crippen molar-refractivity contribution in [3.05, 3.63) is 93.9 Å². The number of phenols is 2. The fourth-order valence-corrected chi connectivity index (χ4v) is 2.51. The number of aromatic hydroxyl groups is 2. The van der Waals surface area contributed by atoms with Crippen LogP contribution in [0, 0.1) is 0 Å². The highest BCUT2D eigenvalue weighted by molar-refractivity contribution is 5.43. The van der Waals surface area contributed by atoms with Gasteiger partial charge in [-0.05, 0) is 35.4 Å². The third kappa shape index (κ3) is 2.86. The number of aromatic nitrogens is 1. The topological polar surface area (TPSA) is 73.3 Å². The molecule has 0 aliphatic carbocycles. The molecule has 4 nitrogen and oxygen atoms in total. The molecule has 0 spiro atoms. The van der Waals surface area contributed by atoms with Gasteiger partial charge in [0.05, 0.1) is 0 Å². The summed E-state index contributed by atoms with van der Waals surface area (Å²) in [6, 6.07) is 16.8. The largest absolute Gasteiger partial charge is 0.508 e. The van der Waals surface area contributed by atoms with Gasteiger partial charge in [-0.1, -0.05) is 24.3 Å². The molecule has 0 saturated carbocycles.